The smallest absolute Gasteiger partial charge is 0.335 e. The Bertz CT molecular complexity index is 489. The highest BCUT2D eigenvalue weighted by atomic mass is 35.5. The summed E-state index contributed by atoms with van der Waals surface area (Å²) in [5.74, 6) is -0.906. The lowest BCUT2D eigenvalue weighted by Gasteiger charge is -2.15. The van der Waals surface area contributed by atoms with Crippen molar-refractivity contribution in [2.75, 3.05) is 13.2 Å². The summed E-state index contributed by atoms with van der Waals surface area (Å²) in [6, 6.07) is 3.94. The lowest BCUT2D eigenvalue weighted by Crippen LogP contribution is -2.27. The van der Waals surface area contributed by atoms with E-state index in [0.717, 1.165) is 19.4 Å². The lowest BCUT2D eigenvalue weighted by molar-refractivity contribution is -0.159. The first-order chi connectivity index (χ1) is 10.1. The van der Waals surface area contributed by atoms with Crippen LogP contribution in [0.25, 0.3) is 0 Å². The number of esters is 1. The van der Waals surface area contributed by atoms with Gasteiger partial charge in [-0.15, -0.1) is 0 Å². The summed E-state index contributed by atoms with van der Waals surface area (Å²) in [4.78, 5) is 11.8. The Labute approximate surface area is 128 Å². The molecule has 4 nitrogen and oxygen atoms in total. The number of hydrogen-bond donors (Lipinski definition) is 0. The minimum Gasteiger partial charge on any atom is -0.459 e. The molecule has 1 aliphatic rings. The van der Waals surface area contributed by atoms with Crippen LogP contribution in [0, 0.1) is 5.82 Å². The van der Waals surface area contributed by atoms with Gasteiger partial charge in [-0.1, -0.05) is 17.7 Å². The van der Waals surface area contributed by atoms with Crippen LogP contribution < -0.4 is 0 Å². The van der Waals surface area contributed by atoms with E-state index in [2.05, 4.69) is 0 Å². The van der Waals surface area contributed by atoms with Gasteiger partial charge in [0.05, 0.1) is 17.7 Å². The Kier molecular flexibility index (Phi) is 5.96. The molecule has 0 amide bonds. The Hall–Kier alpha value is -1.17. The Morgan fingerprint density at radius 2 is 2.38 bits per heavy atom. The van der Waals surface area contributed by atoms with Crippen LogP contribution in [-0.2, 0) is 25.6 Å². The first-order valence-corrected chi connectivity index (χ1v) is 7.28. The second-order valence-corrected chi connectivity index (χ2v) is 5.36. The van der Waals surface area contributed by atoms with Crippen LogP contribution in [0.4, 0.5) is 4.39 Å². The van der Waals surface area contributed by atoms with E-state index < -0.39 is 17.9 Å². The van der Waals surface area contributed by atoms with Gasteiger partial charge in [0.25, 0.3) is 0 Å². The molecule has 0 aliphatic carbocycles. The van der Waals surface area contributed by atoms with Crippen molar-refractivity contribution in [3.63, 3.8) is 0 Å². The van der Waals surface area contributed by atoms with Crippen molar-refractivity contribution in [2.24, 2.45) is 0 Å². The molecular weight excluding hydrogens is 299 g/mol. The van der Waals surface area contributed by atoms with E-state index >= 15 is 0 Å². The molecule has 116 valence electrons. The summed E-state index contributed by atoms with van der Waals surface area (Å²) in [5.41, 5.74) is 0.553. The number of carbonyl (C=O) groups is 1. The fourth-order valence-corrected chi connectivity index (χ4v) is 2.22. The van der Waals surface area contributed by atoms with E-state index in [0.29, 0.717) is 12.2 Å². The summed E-state index contributed by atoms with van der Waals surface area (Å²) < 4.78 is 28.9. The average Bonchev–Trinajstić information content (AvgIpc) is 2.96. The first kappa shape index (κ1) is 16.2. The molecule has 0 aromatic heterocycles. The summed E-state index contributed by atoms with van der Waals surface area (Å²) in [6.07, 6.45) is 1.36. The van der Waals surface area contributed by atoms with Crippen LogP contribution in [0.2, 0.25) is 5.02 Å². The first-order valence-electron chi connectivity index (χ1n) is 6.90. The van der Waals surface area contributed by atoms with Gasteiger partial charge in [0.15, 0.2) is 6.10 Å². The fourth-order valence-electron chi connectivity index (χ4n) is 2.00. The molecule has 2 atom stereocenters. The zero-order valence-corrected chi connectivity index (χ0v) is 12.6. The Morgan fingerprint density at radius 3 is 3.05 bits per heavy atom. The molecule has 0 N–H and O–H groups in total. The molecule has 0 saturated carbocycles. The van der Waals surface area contributed by atoms with Crippen molar-refractivity contribution in [3.8, 4) is 0 Å². The highest BCUT2D eigenvalue weighted by Gasteiger charge is 2.21. The molecule has 2 rings (SSSR count). The Morgan fingerprint density at radius 1 is 1.57 bits per heavy atom. The molecule has 6 heteroatoms. The van der Waals surface area contributed by atoms with Gasteiger partial charge in [-0.3, -0.25) is 0 Å². The maximum atomic E-state index is 12.9. The molecule has 2 unspecified atom stereocenters. The third-order valence-corrected chi connectivity index (χ3v) is 3.62. The summed E-state index contributed by atoms with van der Waals surface area (Å²) >= 11 is 5.86. The molecule has 1 aromatic rings. The normalized spacial score (nSPS) is 19.5. The van der Waals surface area contributed by atoms with E-state index in [1.165, 1.54) is 18.2 Å². The standard InChI is InChI=1S/C15H18ClFO4/c1-10(20-9-13-3-2-6-19-13)15(18)21-8-11-4-5-12(17)7-14(11)16/h4-5,7,10,13H,2-3,6,8-9H2,1H3. The van der Waals surface area contributed by atoms with Gasteiger partial charge >= 0.3 is 5.97 Å². The number of halogens is 2. The number of carbonyl (C=O) groups excluding carboxylic acids is 1. The molecule has 1 fully saturated rings. The summed E-state index contributed by atoms with van der Waals surface area (Å²) in [6.45, 7) is 2.75. The number of ether oxygens (including phenoxy) is 3. The predicted octanol–water partition coefficient (Wildman–Crippen LogP) is 3.11. The van der Waals surface area contributed by atoms with Crippen LogP contribution in [0.1, 0.15) is 25.3 Å². The van der Waals surface area contributed by atoms with Crippen LogP contribution >= 0.6 is 11.6 Å². The highest BCUT2D eigenvalue weighted by molar-refractivity contribution is 6.31. The number of rotatable bonds is 6. The zero-order valence-electron chi connectivity index (χ0n) is 11.8. The summed E-state index contributed by atoms with van der Waals surface area (Å²) in [7, 11) is 0. The monoisotopic (exact) mass is 316 g/mol. The van der Waals surface area contributed by atoms with Crippen molar-refractivity contribution in [1.82, 2.24) is 0 Å². The average molecular weight is 317 g/mol. The molecule has 1 aliphatic heterocycles. The van der Waals surface area contributed by atoms with Crippen LogP contribution in [0.3, 0.4) is 0 Å². The fraction of sp³-hybridized carbons (Fsp3) is 0.533. The highest BCUT2D eigenvalue weighted by Crippen LogP contribution is 2.18. The Balaban J connectivity index is 1.75. The molecule has 0 spiro atoms. The van der Waals surface area contributed by atoms with E-state index in [4.69, 9.17) is 25.8 Å². The van der Waals surface area contributed by atoms with Crippen molar-refractivity contribution < 1.29 is 23.4 Å². The van der Waals surface area contributed by atoms with E-state index in [1.54, 1.807) is 6.92 Å². The van der Waals surface area contributed by atoms with E-state index in [9.17, 15) is 9.18 Å². The van der Waals surface area contributed by atoms with Crippen molar-refractivity contribution in [2.45, 2.75) is 38.6 Å². The number of hydrogen-bond acceptors (Lipinski definition) is 4. The van der Waals surface area contributed by atoms with Gasteiger partial charge in [-0.2, -0.15) is 0 Å². The van der Waals surface area contributed by atoms with Crippen molar-refractivity contribution >= 4 is 17.6 Å². The van der Waals surface area contributed by atoms with Gasteiger partial charge in [-0.05, 0) is 31.9 Å². The van der Waals surface area contributed by atoms with Gasteiger partial charge in [-0.25, -0.2) is 9.18 Å². The lowest BCUT2D eigenvalue weighted by atomic mass is 10.2. The molecule has 21 heavy (non-hydrogen) atoms. The van der Waals surface area contributed by atoms with Crippen molar-refractivity contribution in [3.05, 3.63) is 34.6 Å². The quantitative estimate of drug-likeness (QED) is 0.756. The third-order valence-electron chi connectivity index (χ3n) is 3.27. The van der Waals surface area contributed by atoms with Gasteiger partial charge in [0.2, 0.25) is 0 Å². The molecule has 1 aromatic carbocycles. The maximum Gasteiger partial charge on any atom is 0.335 e. The SMILES string of the molecule is CC(OCC1CCCO1)C(=O)OCc1ccc(F)cc1Cl. The van der Waals surface area contributed by atoms with E-state index in [1.807, 2.05) is 0 Å². The molecular formula is C15H18ClFO4. The second kappa shape index (κ2) is 7.73. The van der Waals surface area contributed by atoms with Gasteiger partial charge < -0.3 is 14.2 Å². The maximum absolute atomic E-state index is 12.9. The molecule has 1 heterocycles. The van der Waals surface area contributed by atoms with Crippen LogP contribution in [0.5, 0.6) is 0 Å². The van der Waals surface area contributed by atoms with Crippen LogP contribution in [-0.4, -0.2) is 31.4 Å². The minimum atomic E-state index is -0.673. The predicted molar refractivity (Wildman–Crippen MR) is 75.6 cm³/mol. The molecule has 0 bridgehead atoms. The zero-order chi connectivity index (χ0) is 15.2. The number of benzene rings is 1. The minimum absolute atomic E-state index is 0.00836. The summed E-state index contributed by atoms with van der Waals surface area (Å²) in [5, 5.41) is 0.232. The second-order valence-electron chi connectivity index (χ2n) is 4.95. The van der Waals surface area contributed by atoms with Crippen molar-refractivity contribution in [1.29, 1.82) is 0 Å². The molecule has 0 radical (unpaired) electrons. The third kappa shape index (κ3) is 4.95. The van der Waals surface area contributed by atoms with E-state index in [-0.39, 0.29) is 17.7 Å². The van der Waals surface area contributed by atoms with Gasteiger partial charge in [0.1, 0.15) is 12.4 Å². The largest absolute Gasteiger partial charge is 0.459 e. The topological polar surface area (TPSA) is 44.8 Å². The van der Waals surface area contributed by atoms with Gasteiger partial charge in [0, 0.05) is 12.2 Å². The van der Waals surface area contributed by atoms with Crippen LogP contribution in [0.15, 0.2) is 18.2 Å². The molecule has 1 saturated heterocycles.